The molecule has 3 aromatic carbocycles. The average Bonchev–Trinajstić information content (AvgIpc) is 3.68. The van der Waals surface area contributed by atoms with Gasteiger partial charge >= 0.3 is 18.2 Å². The highest BCUT2D eigenvalue weighted by molar-refractivity contribution is 7.12. The van der Waals surface area contributed by atoms with E-state index in [2.05, 4.69) is 15.6 Å². The van der Waals surface area contributed by atoms with Gasteiger partial charge in [-0.05, 0) is 41.0 Å². The Balaban J connectivity index is 1.21. The number of carbonyl (C=O) groups is 5. The van der Waals surface area contributed by atoms with Crippen LogP contribution in [0.15, 0.2) is 114 Å². The van der Waals surface area contributed by atoms with Crippen LogP contribution in [-0.4, -0.2) is 53.4 Å². The number of alkyl carbamates (subject to hydrolysis) is 2. The van der Waals surface area contributed by atoms with Crippen molar-refractivity contribution in [2.75, 3.05) is 6.54 Å². The molecule has 0 saturated carbocycles. The number of imide groups is 1. The molecule has 1 aliphatic heterocycles. The number of carbonyl (C=O) groups excluding carboxylic acids is 5. The van der Waals surface area contributed by atoms with Gasteiger partial charge in [0, 0.05) is 6.54 Å². The van der Waals surface area contributed by atoms with Gasteiger partial charge in [-0.15, -0.1) is 11.3 Å². The summed E-state index contributed by atoms with van der Waals surface area (Å²) in [6, 6.07) is 29.4. The summed E-state index contributed by atoms with van der Waals surface area (Å²) in [4.78, 5) is 70.3. The lowest BCUT2D eigenvalue weighted by Gasteiger charge is -2.43. The number of benzene rings is 3. The smallest absolute Gasteiger partial charge is 0.414 e. The zero-order valence-corrected chi connectivity index (χ0v) is 27.2. The number of likely N-dealkylation sites (tertiary alicyclic amines) is 1. The minimum atomic E-state index is -1.11. The molecule has 2 heterocycles. The number of hydrogen-bond donors (Lipinski definition) is 2. The van der Waals surface area contributed by atoms with E-state index in [0.29, 0.717) is 4.88 Å². The molecule has 13 heteroatoms. The van der Waals surface area contributed by atoms with Crippen LogP contribution >= 0.6 is 11.3 Å². The number of ether oxygens (including phenoxy) is 3. The van der Waals surface area contributed by atoms with Crippen LogP contribution in [0.1, 0.15) is 39.2 Å². The van der Waals surface area contributed by atoms with E-state index in [4.69, 9.17) is 14.2 Å². The van der Waals surface area contributed by atoms with Gasteiger partial charge in [0.1, 0.15) is 25.9 Å². The maximum absolute atomic E-state index is 13.2. The molecular weight excluding hydrogens is 648 g/mol. The number of β-lactam (4-membered cyclic amide) rings is 1. The fourth-order valence-corrected chi connectivity index (χ4v) is 5.64. The van der Waals surface area contributed by atoms with Crippen molar-refractivity contribution in [1.29, 1.82) is 0 Å². The molecule has 49 heavy (non-hydrogen) atoms. The maximum Gasteiger partial charge on any atom is 0.414 e. The largest absolute Gasteiger partial charge is 0.459 e. The van der Waals surface area contributed by atoms with Crippen molar-refractivity contribution in [3.8, 4) is 0 Å². The van der Waals surface area contributed by atoms with Gasteiger partial charge in [-0.25, -0.2) is 14.4 Å². The van der Waals surface area contributed by atoms with E-state index in [9.17, 15) is 24.0 Å². The van der Waals surface area contributed by atoms with Crippen molar-refractivity contribution in [3.05, 3.63) is 130 Å². The highest BCUT2D eigenvalue weighted by atomic mass is 32.1. The zero-order chi connectivity index (χ0) is 34.4. The lowest BCUT2D eigenvalue weighted by molar-refractivity contribution is -0.171. The van der Waals surface area contributed by atoms with Crippen LogP contribution in [0.25, 0.3) is 0 Å². The Morgan fingerprint density at radius 1 is 0.694 bits per heavy atom. The molecule has 4 aromatic rings. The van der Waals surface area contributed by atoms with Crippen molar-refractivity contribution in [1.82, 2.24) is 15.5 Å². The number of esters is 1. The van der Waals surface area contributed by atoms with Crippen molar-refractivity contribution < 1.29 is 38.2 Å². The predicted molar refractivity (Wildman–Crippen MR) is 180 cm³/mol. The lowest BCUT2D eigenvalue weighted by atomic mass is 9.83. The molecule has 252 valence electrons. The number of nitrogens with zero attached hydrogens (tertiary/aromatic N) is 2. The van der Waals surface area contributed by atoms with Crippen molar-refractivity contribution >= 4 is 47.3 Å². The molecular formula is C36H34N4O8S. The number of guanidine groups is 1. The van der Waals surface area contributed by atoms with Crippen molar-refractivity contribution in [2.45, 2.75) is 38.7 Å². The first kappa shape index (κ1) is 34.5. The molecule has 0 spiro atoms. The number of hydrogen-bond acceptors (Lipinski definition) is 10. The fourth-order valence-electron chi connectivity index (χ4n) is 4.98. The third-order valence-electron chi connectivity index (χ3n) is 7.44. The van der Waals surface area contributed by atoms with E-state index in [1.54, 1.807) is 53.9 Å². The van der Waals surface area contributed by atoms with E-state index in [1.807, 2.05) is 54.6 Å². The molecule has 12 nitrogen and oxygen atoms in total. The first-order valence-electron chi connectivity index (χ1n) is 15.5. The van der Waals surface area contributed by atoms with Gasteiger partial charge < -0.3 is 14.2 Å². The van der Waals surface area contributed by atoms with Gasteiger partial charge in [-0.3, -0.25) is 30.1 Å². The summed E-state index contributed by atoms with van der Waals surface area (Å²) in [5.41, 5.74) is 2.29. The second-order valence-corrected chi connectivity index (χ2v) is 11.8. The molecule has 1 fully saturated rings. The summed E-state index contributed by atoms with van der Waals surface area (Å²) in [6.45, 7) is 0.0147. The molecule has 0 bridgehead atoms. The Kier molecular flexibility index (Phi) is 12.2. The predicted octanol–water partition coefficient (Wildman–Crippen LogP) is 5.45. The monoisotopic (exact) mass is 682 g/mol. The molecule has 0 radical (unpaired) electrons. The Hall–Kier alpha value is -5.82. The first-order chi connectivity index (χ1) is 23.9. The van der Waals surface area contributed by atoms with Gasteiger partial charge in [-0.1, -0.05) is 97.1 Å². The third kappa shape index (κ3) is 9.84. The molecule has 1 unspecified atom stereocenters. The van der Waals surface area contributed by atoms with E-state index in [0.717, 1.165) is 21.6 Å². The Morgan fingerprint density at radius 3 is 1.69 bits per heavy atom. The van der Waals surface area contributed by atoms with Crippen LogP contribution in [0.5, 0.6) is 0 Å². The molecule has 1 aliphatic rings. The highest BCUT2D eigenvalue weighted by Gasteiger charge is 2.55. The van der Waals surface area contributed by atoms with Crippen LogP contribution in [-0.2, 0) is 43.6 Å². The second kappa shape index (κ2) is 17.4. The van der Waals surface area contributed by atoms with Crippen LogP contribution in [0.2, 0.25) is 0 Å². The summed E-state index contributed by atoms with van der Waals surface area (Å²) >= 11 is 1.17. The lowest BCUT2D eigenvalue weighted by Crippen LogP contribution is -2.66. The number of thiophene rings is 1. The van der Waals surface area contributed by atoms with Crippen LogP contribution in [0.4, 0.5) is 9.59 Å². The summed E-state index contributed by atoms with van der Waals surface area (Å²) in [7, 11) is 0. The quantitative estimate of drug-likeness (QED) is 0.0381. The zero-order valence-electron chi connectivity index (χ0n) is 26.4. The molecule has 5 rings (SSSR count). The minimum absolute atomic E-state index is 0.00927. The van der Waals surface area contributed by atoms with Crippen LogP contribution in [0, 0.1) is 5.92 Å². The summed E-state index contributed by atoms with van der Waals surface area (Å²) in [6.07, 6.45) is -1.26. The van der Waals surface area contributed by atoms with E-state index < -0.39 is 41.9 Å². The van der Waals surface area contributed by atoms with Gasteiger partial charge in [-0.2, -0.15) is 0 Å². The number of amides is 4. The molecule has 1 saturated heterocycles. The number of aliphatic imine (C=N–C) groups is 1. The SMILES string of the molecule is O=C(NC(=NCCC[C@H]1C(=O)N(C(=O)c2cccs2)C1C(=O)OCc1ccccc1)NC(=O)OCc1ccccc1)OCc1ccccc1. The summed E-state index contributed by atoms with van der Waals surface area (Å²) < 4.78 is 16.0. The number of nitrogens with one attached hydrogen (secondary N) is 2. The third-order valence-corrected chi connectivity index (χ3v) is 8.30. The van der Waals surface area contributed by atoms with Gasteiger partial charge in [0.05, 0.1) is 10.8 Å². The van der Waals surface area contributed by atoms with Gasteiger partial charge in [0.25, 0.3) is 5.91 Å². The van der Waals surface area contributed by atoms with Crippen LogP contribution in [0.3, 0.4) is 0 Å². The Bertz CT molecular complexity index is 1690. The van der Waals surface area contributed by atoms with E-state index in [1.165, 1.54) is 11.3 Å². The molecule has 2 N–H and O–H groups in total. The molecule has 1 aromatic heterocycles. The van der Waals surface area contributed by atoms with Crippen molar-refractivity contribution in [2.24, 2.45) is 10.9 Å². The topological polar surface area (TPSA) is 153 Å². The van der Waals surface area contributed by atoms with Crippen molar-refractivity contribution in [3.63, 3.8) is 0 Å². The molecule has 4 amide bonds. The first-order valence-corrected chi connectivity index (χ1v) is 16.4. The van der Waals surface area contributed by atoms with E-state index in [-0.39, 0.29) is 45.2 Å². The summed E-state index contributed by atoms with van der Waals surface area (Å²) in [5.74, 6) is -2.78. The molecule has 0 aliphatic carbocycles. The second-order valence-electron chi connectivity index (χ2n) is 10.9. The Morgan fingerprint density at radius 2 is 1.20 bits per heavy atom. The minimum Gasteiger partial charge on any atom is -0.459 e. The van der Waals surface area contributed by atoms with Crippen LogP contribution < -0.4 is 10.6 Å². The average molecular weight is 683 g/mol. The normalized spacial score (nSPS) is 14.9. The Labute approximate surface area is 286 Å². The highest BCUT2D eigenvalue weighted by Crippen LogP contribution is 2.34. The maximum atomic E-state index is 13.2. The van der Waals surface area contributed by atoms with Gasteiger partial charge in [0.2, 0.25) is 11.9 Å². The van der Waals surface area contributed by atoms with E-state index >= 15 is 0 Å². The standard InChI is InChI=1S/C36H34N4O8S/c41-31-28(30(40(31)32(42)29-19-11-21-49-29)33(43)46-22-25-12-4-1-5-13-25)18-10-20-37-34(38-35(44)47-23-26-14-6-2-7-15-26)39-36(45)48-24-27-16-8-3-9-17-27/h1-9,11-17,19,21,28,30H,10,18,20,22-24H2,(H2,37,38,39,44,45)/t28-,30?/m1/s1. The fraction of sp³-hybridized carbons (Fsp3) is 0.222. The van der Waals surface area contributed by atoms with Gasteiger partial charge in [0.15, 0.2) is 0 Å². The number of rotatable bonds is 12. The summed E-state index contributed by atoms with van der Waals surface area (Å²) in [5, 5.41) is 6.56. The molecule has 2 atom stereocenters.